The zero-order valence-electron chi connectivity index (χ0n) is 17.6. The maximum atomic E-state index is 12.6. The molecule has 0 radical (unpaired) electrons. The first-order valence-corrected chi connectivity index (χ1v) is 9.59. The molecule has 3 aromatic rings. The van der Waals surface area contributed by atoms with E-state index in [2.05, 4.69) is 6.07 Å². The lowest BCUT2D eigenvalue weighted by Crippen LogP contribution is -2.10. The molecule has 0 aromatic heterocycles. The van der Waals surface area contributed by atoms with Gasteiger partial charge in [0.1, 0.15) is 5.75 Å². The first-order valence-electron chi connectivity index (χ1n) is 9.59. The molecule has 0 saturated carbocycles. The number of halogens is 3. The molecular weight excluding hydrogens is 435 g/mol. The van der Waals surface area contributed by atoms with Crippen LogP contribution in [0.25, 0.3) is 11.6 Å². The average Bonchev–Trinajstić information content (AvgIpc) is 2.82. The minimum absolute atomic E-state index is 0.00723. The standard InChI is InChI=1S/C25H18F3NO4/c1-31-22-12-7-18(14-23(22)32-2)19(15-29)13-16-3-10-21(11-4-16)33-24(30)17-5-8-20(9-6-17)25(26,27)28/h3-14H,1-2H3/b19-13-. The number of alkyl halides is 3. The van der Waals surface area contributed by atoms with Gasteiger partial charge in [0.15, 0.2) is 11.5 Å². The van der Waals surface area contributed by atoms with Crippen LogP contribution in [-0.2, 0) is 6.18 Å². The van der Waals surface area contributed by atoms with Gasteiger partial charge in [-0.15, -0.1) is 0 Å². The number of allylic oxidation sites excluding steroid dienone is 1. The molecule has 8 heteroatoms. The molecule has 0 heterocycles. The lowest BCUT2D eigenvalue weighted by molar-refractivity contribution is -0.137. The van der Waals surface area contributed by atoms with Gasteiger partial charge < -0.3 is 14.2 Å². The van der Waals surface area contributed by atoms with Crippen molar-refractivity contribution in [2.24, 2.45) is 0 Å². The Kier molecular flexibility index (Phi) is 7.04. The first kappa shape index (κ1) is 23.4. The van der Waals surface area contributed by atoms with Gasteiger partial charge in [-0.25, -0.2) is 4.79 Å². The molecule has 33 heavy (non-hydrogen) atoms. The zero-order valence-corrected chi connectivity index (χ0v) is 17.6. The molecule has 168 valence electrons. The fraction of sp³-hybridized carbons (Fsp3) is 0.120. The monoisotopic (exact) mass is 453 g/mol. The van der Waals surface area contributed by atoms with Gasteiger partial charge in [0.25, 0.3) is 0 Å². The Morgan fingerprint density at radius 2 is 1.48 bits per heavy atom. The van der Waals surface area contributed by atoms with Gasteiger partial charge in [-0.3, -0.25) is 0 Å². The SMILES string of the molecule is COc1ccc(/C(C#N)=C\c2ccc(OC(=O)c3ccc(C(F)(F)F)cc3)cc2)cc1OC. The number of ether oxygens (including phenoxy) is 3. The number of esters is 1. The maximum Gasteiger partial charge on any atom is 0.416 e. The highest BCUT2D eigenvalue weighted by molar-refractivity contribution is 5.92. The van der Waals surface area contributed by atoms with Crippen LogP contribution in [0.4, 0.5) is 13.2 Å². The lowest BCUT2D eigenvalue weighted by Gasteiger charge is -2.09. The van der Waals surface area contributed by atoms with E-state index in [0.717, 1.165) is 24.3 Å². The molecule has 0 aliphatic heterocycles. The van der Waals surface area contributed by atoms with Crippen molar-refractivity contribution in [3.63, 3.8) is 0 Å². The minimum atomic E-state index is -4.48. The Bertz CT molecular complexity index is 1210. The van der Waals surface area contributed by atoms with Crippen molar-refractivity contribution in [1.29, 1.82) is 5.26 Å². The van der Waals surface area contributed by atoms with Crippen molar-refractivity contribution < 1.29 is 32.2 Å². The number of hydrogen-bond donors (Lipinski definition) is 0. The largest absolute Gasteiger partial charge is 0.493 e. The van der Waals surface area contributed by atoms with Gasteiger partial charge in [-0.1, -0.05) is 12.1 Å². The molecule has 0 spiro atoms. The van der Waals surface area contributed by atoms with Gasteiger partial charge >= 0.3 is 12.1 Å². The molecule has 0 N–H and O–H groups in total. The van der Waals surface area contributed by atoms with E-state index in [1.54, 1.807) is 36.4 Å². The van der Waals surface area contributed by atoms with Gasteiger partial charge in [-0.2, -0.15) is 18.4 Å². The van der Waals surface area contributed by atoms with Crippen molar-refractivity contribution in [3.8, 4) is 23.3 Å². The Hall–Kier alpha value is -4.25. The second kappa shape index (κ2) is 9.92. The second-order valence-corrected chi connectivity index (χ2v) is 6.77. The number of carbonyl (C=O) groups is 1. The fourth-order valence-corrected chi connectivity index (χ4v) is 2.94. The molecule has 0 fully saturated rings. The molecule has 0 aliphatic carbocycles. The van der Waals surface area contributed by atoms with E-state index in [1.165, 1.54) is 26.4 Å². The molecule has 0 saturated heterocycles. The molecule has 0 unspecified atom stereocenters. The highest BCUT2D eigenvalue weighted by Crippen LogP contribution is 2.31. The molecule has 0 atom stereocenters. The van der Waals surface area contributed by atoms with Crippen LogP contribution in [0.15, 0.2) is 66.7 Å². The van der Waals surface area contributed by atoms with Crippen LogP contribution in [0, 0.1) is 11.3 Å². The highest BCUT2D eigenvalue weighted by atomic mass is 19.4. The molecule has 3 aromatic carbocycles. The van der Waals surface area contributed by atoms with E-state index < -0.39 is 17.7 Å². The van der Waals surface area contributed by atoms with Crippen molar-refractivity contribution in [1.82, 2.24) is 0 Å². The van der Waals surface area contributed by atoms with Crippen LogP contribution < -0.4 is 14.2 Å². The zero-order chi connectivity index (χ0) is 24.0. The van der Waals surface area contributed by atoms with Crippen molar-refractivity contribution in [3.05, 3.63) is 89.0 Å². The number of carbonyl (C=O) groups excluding carboxylic acids is 1. The maximum absolute atomic E-state index is 12.6. The second-order valence-electron chi connectivity index (χ2n) is 6.77. The van der Waals surface area contributed by atoms with Crippen LogP contribution in [-0.4, -0.2) is 20.2 Å². The smallest absolute Gasteiger partial charge is 0.416 e. The van der Waals surface area contributed by atoms with Gasteiger partial charge in [-0.05, 0) is 71.8 Å². The molecule has 3 rings (SSSR count). The molecule has 0 bridgehead atoms. The predicted octanol–water partition coefficient (Wildman–Crippen LogP) is 6.01. The van der Waals surface area contributed by atoms with Gasteiger partial charge in [0.2, 0.25) is 0 Å². The Morgan fingerprint density at radius 3 is 2.03 bits per heavy atom. The number of benzene rings is 3. The van der Waals surface area contributed by atoms with Crippen LogP contribution in [0.2, 0.25) is 0 Å². The van der Waals surface area contributed by atoms with Crippen molar-refractivity contribution in [2.45, 2.75) is 6.18 Å². The van der Waals surface area contributed by atoms with E-state index in [1.807, 2.05) is 0 Å². The fourth-order valence-electron chi connectivity index (χ4n) is 2.94. The molecule has 0 aliphatic rings. The summed E-state index contributed by atoms with van der Waals surface area (Å²) >= 11 is 0. The molecular formula is C25H18F3NO4. The summed E-state index contributed by atoms with van der Waals surface area (Å²) in [5.74, 6) is 0.455. The van der Waals surface area contributed by atoms with Crippen molar-refractivity contribution >= 4 is 17.6 Å². The van der Waals surface area contributed by atoms with Crippen molar-refractivity contribution in [2.75, 3.05) is 14.2 Å². The van der Waals surface area contributed by atoms with E-state index >= 15 is 0 Å². The number of nitrogens with zero attached hydrogens (tertiary/aromatic N) is 1. The van der Waals surface area contributed by atoms with Crippen LogP contribution in [0.3, 0.4) is 0 Å². The number of nitriles is 1. The van der Waals surface area contributed by atoms with Crippen LogP contribution >= 0.6 is 0 Å². The summed E-state index contributed by atoms with van der Waals surface area (Å²) in [4.78, 5) is 12.2. The first-order chi connectivity index (χ1) is 15.7. The number of rotatable bonds is 6. The normalized spacial score (nSPS) is 11.5. The molecule has 5 nitrogen and oxygen atoms in total. The number of methoxy groups -OCH3 is 2. The minimum Gasteiger partial charge on any atom is -0.493 e. The van der Waals surface area contributed by atoms with Crippen LogP contribution in [0.5, 0.6) is 17.2 Å². The number of hydrogen-bond acceptors (Lipinski definition) is 5. The summed E-state index contributed by atoms with van der Waals surface area (Å²) < 4.78 is 53.6. The third kappa shape index (κ3) is 5.71. The topological polar surface area (TPSA) is 68.5 Å². The highest BCUT2D eigenvalue weighted by Gasteiger charge is 2.30. The predicted molar refractivity (Wildman–Crippen MR) is 116 cm³/mol. The Morgan fingerprint density at radius 1 is 0.879 bits per heavy atom. The summed E-state index contributed by atoms with van der Waals surface area (Å²) in [6.07, 6.45) is -2.83. The van der Waals surface area contributed by atoms with Crippen LogP contribution in [0.1, 0.15) is 27.0 Å². The van der Waals surface area contributed by atoms with Gasteiger partial charge in [0.05, 0.1) is 37.0 Å². The lowest BCUT2D eigenvalue weighted by atomic mass is 10.0. The van der Waals surface area contributed by atoms with E-state index in [0.29, 0.717) is 28.2 Å². The summed E-state index contributed by atoms with van der Waals surface area (Å²) in [6.45, 7) is 0. The summed E-state index contributed by atoms with van der Waals surface area (Å²) in [5.41, 5.74) is 0.833. The summed E-state index contributed by atoms with van der Waals surface area (Å²) in [7, 11) is 3.02. The summed E-state index contributed by atoms with van der Waals surface area (Å²) in [5, 5.41) is 9.57. The third-order valence-corrected chi connectivity index (χ3v) is 4.66. The Balaban J connectivity index is 1.74. The van der Waals surface area contributed by atoms with E-state index in [4.69, 9.17) is 14.2 Å². The third-order valence-electron chi connectivity index (χ3n) is 4.66. The Labute approximate surface area is 188 Å². The average molecular weight is 453 g/mol. The summed E-state index contributed by atoms with van der Waals surface area (Å²) in [6, 6.07) is 17.4. The van der Waals surface area contributed by atoms with E-state index in [9.17, 15) is 23.2 Å². The van der Waals surface area contributed by atoms with Gasteiger partial charge in [0, 0.05) is 0 Å². The molecule has 0 amide bonds. The quantitative estimate of drug-likeness (QED) is 0.198. The van der Waals surface area contributed by atoms with E-state index in [-0.39, 0.29) is 11.3 Å².